The van der Waals surface area contributed by atoms with Crippen molar-refractivity contribution < 1.29 is 9.90 Å². The van der Waals surface area contributed by atoms with Crippen molar-refractivity contribution in [3.8, 4) is 0 Å². The normalized spacial score (nSPS) is 13.4. The summed E-state index contributed by atoms with van der Waals surface area (Å²) >= 11 is 0. The summed E-state index contributed by atoms with van der Waals surface area (Å²) in [6.45, 7) is 6.30. The first-order valence-electron chi connectivity index (χ1n) is 7.04. The number of hydrogen-bond donors (Lipinski definition) is 2. The van der Waals surface area contributed by atoms with Gasteiger partial charge in [0.25, 0.3) is 5.91 Å². The molecule has 1 heterocycles. The highest BCUT2D eigenvalue weighted by Crippen LogP contribution is 2.21. The van der Waals surface area contributed by atoms with Gasteiger partial charge in [-0.15, -0.1) is 5.10 Å². The summed E-state index contributed by atoms with van der Waals surface area (Å²) in [5.74, 6) is -0.138. The van der Waals surface area contributed by atoms with Crippen molar-refractivity contribution >= 4 is 16.9 Å². The SMILES string of the molecule is CC(O)CC(C)(C)CNC(=O)c1ccc2c(c1)nnn2C. The summed E-state index contributed by atoms with van der Waals surface area (Å²) in [6.07, 6.45) is 0.254. The third-order valence-corrected chi connectivity index (χ3v) is 3.45. The summed E-state index contributed by atoms with van der Waals surface area (Å²) < 4.78 is 1.67. The molecule has 6 heteroatoms. The minimum atomic E-state index is -0.382. The molecule has 0 saturated carbocycles. The maximum absolute atomic E-state index is 12.2. The zero-order chi connectivity index (χ0) is 15.6. The van der Waals surface area contributed by atoms with Gasteiger partial charge in [-0.05, 0) is 37.0 Å². The first-order valence-corrected chi connectivity index (χ1v) is 7.04. The van der Waals surface area contributed by atoms with Crippen molar-refractivity contribution in [2.24, 2.45) is 12.5 Å². The highest BCUT2D eigenvalue weighted by atomic mass is 16.3. The van der Waals surface area contributed by atoms with E-state index in [4.69, 9.17) is 0 Å². The van der Waals surface area contributed by atoms with Crippen LogP contribution in [0.15, 0.2) is 18.2 Å². The fraction of sp³-hybridized carbons (Fsp3) is 0.533. The summed E-state index contributed by atoms with van der Waals surface area (Å²) in [5, 5.41) is 20.3. The molecule has 1 unspecified atom stereocenters. The number of amides is 1. The van der Waals surface area contributed by atoms with Crippen LogP contribution in [-0.2, 0) is 7.05 Å². The average molecular weight is 290 g/mol. The molecule has 0 radical (unpaired) electrons. The molecular formula is C15H22N4O2. The lowest BCUT2D eigenvalue weighted by Crippen LogP contribution is -2.35. The number of carbonyl (C=O) groups excluding carboxylic acids is 1. The monoisotopic (exact) mass is 290 g/mol. The van der Waals surface area contributed by atoms with E-state index >= 15 is 0 Å². The van der Waals surface area contributed by atoms with Crippen LogP contribution < -0.4 is 5.32 Å². The molecule has 1 amide bonds. The second kappa shape index (κ2) is 5.81. The zero-order valence-corrected chi connectivity index (χ0v) is 12.9. The number of hydrogen-bond acceptors (Lipinski definition) is 4. The van der Waals surface area contributed by atoms with Gasteiger partial charge < -0.3 is 10.4 Å². The summed E-state index contributed by atoms with van der Waals surface area (Å²) in [5.41, 5.74) is 2.01. The van der Waals surface area contributed by atoms with Crippen LogP contribution in [0.1, 0.15) is 37.6 Å². The Labute approximate surface area is 124 Å². The molecule has 114 valence electrons. The van der Waals surface area contributed by atoms with Crippen molar-refractivity contribution in [1.82, 2.24) is 20.3 Å². The Morgan fingerprint density at radius 2 is 2.19 bits per heavy atom. The van der Waals surface area contributed by atoms with Gasteiger partial charge in [0.05, 0.1) is 11.6 Å². The minimum Gasteiger partial charge on any atom is -0.393 e. The van der Waals surface area contributed by atoms with Gasteiger partial charge in [0.15, 0.2) is 0 Å². The second-order valence-corrected chi connectivity index (χ2v) is 6.32. The lowest BCUT2D eigenvalue weighted by molar-refractivity contribution is 0.0902. The highest BCUT2D eigenvalue weighted by Gasteiger charge is 2.21. The Morgan fingerprint density at radius 3 is 2.86 bits per heavy atom. The minimum absolute atomic E-state index is 0.138. The van der Waals surface area contributed by atoms with Crippen molar-refractivity contribution in [2.45, 2.75) is 33.3 Å². The van der Waals surface area contributed by atoms with Gasteiger partial charge in [0.1, 0.15) is 5.52 Å². The topological polar surface area (TPSA) is 80.0 Å². The van der Waals surface area contributed by atoms with Gasteiger partial charge in [0.2, 0.25) is 0 Å². The van der Waals surface area contributed by atoms with E-state index in [1.165, 1.54) is 0 Å². The Bertz CT molecular complexity index is 646. The molecule has 2 rings (SSSR count). The molecule has 0 bridgehead atoms. The number of rotatable bonds is 5. The van der Waals surface area contributed by atoms with E-state index in [1.54, 1.807) is 23.7 Å². The maximum atomic E-state index is 12.2. The number of carbonyl (C=O) groups is 1. The number of aliphatic hydroxyl groups excluding tert-OH is 1. The van der Waals surface area contributed by atoms with Gasteiger partial charge in [-0.3, -0.25) is 4.79 Å². The van der Waals surface area contributed by atoms with Crippen LogP contribution in [0.25, 0.3) is 11.0 Å². The van der Waals surface area contributed by atoms with Gasteiger partial charge in [-0.1, -0.05) is 19.1 Å². The number of nitrogens with one attached hydrogen (secondary N) is 1. The van der Waals surface area contributed by atoms with E-state index in [9.17, 15) is 9.90 Å². The van der Waals surface area contributed by atoms with Crippen molar-refractivity contribution in [2.75, 3.05) is 6.54 Å². The Balaban J connectivity index is 2.05. The first kappa shape index (κ1) is 15.4. The molecule has 21 heavy (non-hydrogen) atoms. The van der Waals surface area contributed by atoms with Gasteiger partial charge in [-0.25, -0.2) is 4.68 Å². The highest BCUT2D eigenvalue weighted by molar-refractivity contribution is 5.97. The molecule has 0 aliphatic rings. The zero-order valence-electron chi connectivity index (χ0n) is 12.9. The predicted octanol–water partition coefficient (Wildman–Crippen LogP) is 1.50. The van der Waals surface area contributed by atoms with E-state index < -0.39 is 0 Å². The number of nitrogens with zero attached hydrogens (tertiary/aromatic N) is 3. The number of aliphatic hydroxyl groups is 1. The maximum Gasteiger partial charge on any atom is 0.251 e. The summed E-state index contributed by atoms with van der Waals surface area (Å²) in [4.78, 5) is 12.2. The van der Waals surface area contributed by atoms with Crippen LogP contribution in [0.2, 0.25) is 0 Å². The lowest BCUT2D eigenvalue weighted by atomic mass is 9.87. The lowest BCUT2D eigenvalue weighted by Gasteiger charge is -2.26. The average Bonchev–Trinajstić information content (AvgIpc) is 2.76. The Kier molecular flexibility index (Phi) is 4.27. The van der Waals surface area contributed by atoms with Crippen LogP contribution >= 0.6 is 0 Å². The van der Waals surface area contributed by atoms with Crippen LogP contribution in [0, 0.1) is 5.41 Å². The third-order valence-electron chi connectivity index (χ3n) is 3.45. The van der Waals surface area contributed by atoms with E-state index in [2.05, 4.69) is 15.6 Å². The Morgan fingerprint density at radius 1 is 1.48 bits per heavy atom. The molecule has 0 aliphatic carbocycles. The molecule has 6 nitrogen and oxygen atoms in total. The largest absolute Gasteiger partial charge is 0.393 e. The number of benzene rings is 1. The van der Waals surface area contributed by atoms with E-state index in [-0.39, 0.29) is 17.4 Å². The number of aromatic nitrogens is 3. The fourth-order valence-electron chi connectivity index (χ4n) is 2.48. The molecule has 0 fully saturated rings. The van der Waals surface area contributed by atoms with Crippen molar-refractivity contribution in [3.05, 3.63) is 23.8 Å². The van der Waals surface area contributed by atoms with E-state index in [0.29, 0.717) is 24.0 Å². The third kappa shape index (κ3) is 3.78. The van der Waals surface area contributed by atoms with Crippen LogP contribution in [0.4, 0.5) is 0 Å². The molecule has 2 aromatic rings. The fourth-order valence-corrected chi connectivity index (χ4v) is 2.48. The van der Waals surface area contributed by atoms with E-state index in [1.807, 2.05) is 27.0 Å². The number of fused-ring (bicyclic) bond motifs is 1. The van der Waals surface area contributed by atoms with Gasteiger partial charge in [-0.2, -0.15) is 0 Å². The molecular weight excluding hydrogens is 268 g/mol. The Hall–Kier alpha value is -1.95. The molecule has 1 aromatic heterocycles. The molecule has 2 N–H and O–H groups in total. The first-order chi connectivity index (χ1) is 9.78. The van der Waals surface area contributed by atoms with Crippen molar-refractivity contribution in [1.29, 1.82) is 0 Å². The van der Waals surface area contributed by atoms with Crippen LogP contribution in [-0.4, -0.2) is 38.7 Å². The second-order valence-electron chi connectivity index (χ2n) is 6.32. The number of aryl methyl sites for hydroxylation is 1. The standard InChI is InChI=1S/C15H22N4O2/c1-10(20)8-15(2,3)9-16-14(21)11-5-6-13-12(7-11)17-18-19(13)4/h5-7,10,20H,8-9H2,1-4H3,(H,16,21). The molecule has 0 spiro atoms. The quantitative estimate of drug-likeness (QED) is 0.874. The van der Waals surface area contributed by atoms with Crippen molar-refractivity contribution in [3.63, 3.8) is 0 Å². The summed E-state index contributed by atoms with van der Waals surface area (Å²) in [6, 6.07) is 5.34. The molecule has 1 atom stereocenters. The van der Waals surface area contributed by atoms with E-state index in [0.717, 1.165) is 5.52 Å². The summed E-state index contributed by atoms with van der Waals surface area (Å²) in [7, 11) is 1.81. The van der Waals surface area contributed by atoms with Crippen LogP contribution in [0.3, 0.4) is 0 Å². The van der Waals surface area contributed by atoms with Gasteiger partial charge >= 0.3 is 0 Å². The van der Waals surface area contributed by atoms with Gasteiger partial charge in [0, 0.05) is 19.2 Å². The molecule has 0 aliphatic heterocycles. The smallest absolute Gasteiger partial charge is 0.251 e. The molecule has 1 aromatic carbocycles. The van der Waals surface area contributed by atoms with Crippen LogP contribution in [0.5, 0.6) is 0 Å². The molecule has 0 saturated heterocycles. The predicted molar refractivity (Wildman–Crippen MR) is 80.9 cm³/mol.